The number of likely N-dealkylation sites (tertiary alicyclic amines) is 1. The van der Waals surface area contributed by atoms with E-state index in [1.54, 1.807) is 11.0 Å². The Kier molecular flexibility index (Phi) is 7.59. The molecule has 10 heteroatoms. The Labute approximate surface area is 215 Å². The van der Waals surface area contributed by atoms with Gasteiger partial charge >= 0.3 is 0 Å². The van der Waals surface area contributed by atoms with Crippen molar-refractivity contribution in [2.75, 3.05) is 18.4 Å². The molecule has 4 rings (SSSR count). The monoisotopic (exact) mass is 510 g/mol. The van der Waals surface area contributed by atoms with Crippen LogP contribution < -0.4 is 16.4 Å². The summed E-state index contributed by atoms with van der Waals surface area (Å²) < 4.78 is 0. The summed E-state index contributed by atoms with van der Waals surface area (Å²) in [6.45, 7) is 4.31. The van der Waals surface area contributed by atoms with Crippen LogP contribution in [0, 0.1) is 11.3 Å². The molecule has 1 aliphatic carbocycles. The molecule has 2 fully saturated rings. The number of nitrogens with zero attached hydrogens (tertiary/aromatic N) is 2. The highest BCUT2D eigenvalue weighted by Gasteiger charge is 2.44. The number of halogens is 1. The normalized spacial score (nSPS) is 22.7. The zero-order valence-corrected chi connectivity index (χ0v) is 21.1. The number of rotatable bonds is 9. The number of hydrogen-bond donors (Lipinski definition) is 4. The molecule has 0 radical (unpaired) electrons. The molecular weight excluding hydrogens is 480 g/mol. The molecule has 1 aromatic carbocycles. The second-order valence-electron chi connectivity index (χ2n) is 9.55. The highest BCUT2D eigenvalue weighted by Crippen LogP contribution is 2.43. The minimum Gasteiger partial charge on any atom is -0.374 e. The Morgan fingerprint density at radius 1 is 1.25 bits per heavy atom. The SMILES string of the molecule is CCc1cc(C(=N)C(N)=O)c(NCC(=O)N2C[C@H](C)C[C@H]2C(=O)N[C@@H]2C[C@H]2c2ccccc2Cl)cn1. The van der Waals surface area contributed by atoms with Crippen molar-refractivity contribution in [3.63, 3.8) is 0 Å². The van der Waals surface area contributed by atoms with Gasteiger partial charge in [0.2, 0.25) is 11.8 Å². The van der Waals surface area contributed by atoms with Crippen LogP contribution in [0.25, 0.3) is 0 Å². The summed E-state index contributed by atoms with van der Waals surface area (Å²) in [6.07, 6.45) is 3.53. The van der Waals surface area contributed by atoms with Crippen LogP contribution in [0.1, 0.15) is 49.4 Å². The molecule has 190 valence electrons. The molecule has 5 N–H and O–H groups in total. The van der Waals surface area contributed by atoms with Gasteiger partial charge in [-0.15, -0.1) is 0 Å². The van der Waals surface area contributed by atoms with Crippen molar-refractivity contribution in [1.29, 1.82) is 5.41 Å². The minimum absolute atomic E-state index is 0.00825. The summed E-state index contributed by atoms with van der Waals surface area (Å²) in [5.41, 5.74) is 7.36. The summed E-state index contributed by atoms with van der Waals surface area (Å²) in [5.74, 6) is -0.887. The first-order chi connectivity index (χ1) is 17.2. The second-order valence-corrected chi connectivity index (χ2v) is 9.96. The van der Waals surface area contributed by atoms with Gasteiger partial charge in [-0.25, -0.2) is 0 Å². The van der Waals surface area contributed by atoms with Gasteiger partial charge in [0.15, 0.2) is 0 Å². The Hall–Kier alpha value is -3.46. The lowest BCUT2D eigenvalue weighted by Crippen LogP contribution is -2.48. The van der Waals surface area contributed by atoms with Gasteiger partial charge in [0, 0.05) is 34.8 Å². The van der Waals surface area contributed by atoms with E-state index >= 15 is 0 Å². The van der Waals surface area contributed by atoms with Gasteiger partial charge in [0.1, 0.15) is 11.8 Å². The number of amides is 3. The Morgan fingerprint density at radius 2 is 2.00 bits per heavy atom. The average Bonchev–Trinajstić information content (AvgIpc) is 3.50. The van der Waals surface area contributed by atoms with Crippen LogP contribution in [0.2, 0.25) is 5.02 Å². The number of nitrogens with two attached hydrogens (primary N) is 1. The number of hydrogen-bond acceptors (Lipinski definition) is 6. The molecule has 2 aliphatic rings. The first kappa shape index (κ1) is 25.6. The lowest BCUT2D eigenvalue weighted by molar-refractivity contribution is -0.137. The number of primary amides is 1. The van der Waals surface area contributed by atoms with Crippen LogP contribution in [0.4, 0.5) is 5.69 Å². The second kappa shape index (κ2) is 10.7. The van der Waals surface area contributed by atoms with Crippen LogP contribution in [-0.4, -0.2) is 58.5 Å². The largest absolute Gasteiger partial charge is 0.374 e. The Balaban J connectivity index is 1.40. The Bertz CT molecular complexity index is 1200. The van der Waals surface area contributed by atoms with Crippen molar-refractivity contribution < 1.29 is 14.4 Å². The molecule has 2 heterocycles. The summed E-state index contributed by atoms with van der Waals surface area (Å²) in [7, 11) is 0. The van der Waals surface area contributed by atoms with Crippen molar-refractivity contribution in [1.82, 2.24) is 15.2 Å². The van der Waals surface area contributed by atoms with Crippen LogP contribution in [0.3, 0.4) is 0 Å². The van der Waals surface area contributed by atoms with Gasteiger partial charge < -0.3 is 21.3 Å². The van der Waals surface area contributed by atoms with Crippen molar-refractivity contribution in [3.05, 3.63) is 58.4 Å². The van der Waals surface area contributed by atoms with E-state index in [9.17, 15) is 14.4 Å². The molecule has 1 saturated heterocycles. The topological polar surface area (TPSA) is 141 Å². The number of nitrogens with one attached hydrogen (secondary N) is 3. The zero-order valence-electron chi connectivity index (χ0n) is 20.4. The summed E-state index contributed by atoms with van der Waals surface area (Å²) in [6, 6.07) is 8.73. The quantitative estimate of drug-likeness (QED) is 0.383. The molecule has 1 saturated carbocycles. The maximum Gasteiger partial charge on any atom is 0.267 e. The van der Waals surface area contributed by atoms with Crippen LogP contribution in [-0.2, 0) is 20.8 Å². The highest BCUT2D eigenvalue weighted by atomic mass is 35.5. The Morgan fingerprint density at radius 3 is 2.69 bits per heavy atom. The lowest BCUT2D eigenvalue weighted by atomic mass is 10.1. The van der Waals surface area contributed by atoms with E-state index in [1.807, 2.05) is 38.1 Å². The number of carbonyl (C=O) groups is 3. The molecule has 4 atom stereocenters. The molecule has 9 nitrogen and oxygen atoms in total. The molecule has 1 aliphatic heterocycles. The van der Waals surface area contributed by atoms with E-state index in [4.69, 9.17) is 22.7 Å². The van der Waals surface area contributed by atoms with E-state index in [0.29, 0.717) is 41.4 Å². The van der Waals surface area contributed by atoms with Crippen molar-refractivity contribution in [2.24, 2.45) is 11.7 Å². The minimum atomic E-state index is -0.863. The summed E-state index contributed by atoms with van der Waals surface area (Å²) in [5, 5.41) is 14.8. The molecule has 0 spiro atoms. The third-order valence-electron chi connectivity index (χ3n) is 6.82. The van der Waals surface area contributed by atoms with Gasteiger partial charge in [-0.1, -0.05) is 43.6 Å². The van der Waals surface area contributed by atoms with Gasteiger partial charge in [-0.3, -0.25) is 24.8 Å². The molecule has 3 amide bonds. The molecular formula is C26H31ClN6O3. The molecule has 1 aromatic heterocycles. The van der Waals surface area contributed by atoms with E-state index in [1.165, 1.54) is 6.20 Å². The molecule has 0 unspecified atom stereocenters. The zero-order chi connectivity index (χ0) is 26.0. The predicted octanol–water partition coefficient (Wildman–Crippen LogP) is 2.47. The molecule has 2 aromatic rings. The summed E-state index contributed by atoms with van der Waals surface area (Å²) in [4.78, 5) is 43.8. The van der Waals surface area contributed by atoms with Crippen LogP contribution in [0.15, 0.2) is 36.5 Å². The maximum atomic E-state index is 13.1. The number of pyridine rings is 1. The molecule has 36 heavy (non-hydrogen) atoms. The van der Waals surface area contributed by atoms with Crippen LogP contribution >= 0.6 is 11.6 Å². The van der Waals surface area contributed by atoms with Gasteiger partial charge in [-0.2, -0.15) is 0 Å². The standard InChI is InChI=1S/C26H31ClN6O3/c1-3-15-9-18(24(28)25(29)35)21(11-30-15)31-12-23(34)33-13-14(2)8-22(33)26(36)32-20-10-17(20)16-6-4-5-7-19(16)27/h4-7,9,11,14,17,20,22,28,31H,3,8,10,12-13H2,1-2H3,(H2,29,35)(H,32,36)/t14-,17+,20-,22+/m1/s1. The summed E-state index contributed by atoms with van der Waals surface area (Å²) >= 11 is 6.31. The third kappa shape index (κ3) is 5.51. The number of aromatic nitrogens is 1. The van der Waals surface area contributed by atoms with E-state index < -0.39 is 11.9 Å². The first-order valence-electron chi connectivity index (χ1n) is 12.1. The molecule has 0 bridgehead atoms. The number of anilines is 1. The lowest BCUT2D eigenvalue weighted by Gasteiger charge is -2.25. The fourth-order valence-electron chi connectivity index (χ4n) is 4.77. The van der Waals surface area contributed by atoms with Crippen LogP contribution in [0.5, 0.6) is 0 Å². The fourth-order valence-corrected chi connectivity index (χ4v) is 5.04. The van der Waals surface area contributed by atoms with Gasteiger partial charge in [-0.05, 0) is 42.9 Å². The first-order valence-corrected chi connectivity index (χ1v) is 12.5. The number of aryl methyl sites for hydroxylation is 1. The number of benzene rings is 1. The van der Waals surface area contributed by atoms with Crippen molar-refractivity contribution >= 4 is 40.7 Å². The van der Waals surface area contributed by atoms with E-state index in [0.717, 1.165) is 12.0 Å². The smallest absolute Gasteiger partial charge is 0.267 e. The fraction of sp³-hybridized carbons (Fsp3) is 0.423. The number of carbonyl (C=O) groups excluding carboxylic acids is 3. The average molecular weight is 511 g/mol. The van der Waals surface area contributed by atoms with Crippen molar-refractivity contribution in [3.8, 4) is 0 Å². The third-order valence-corrected chi connectivity index (χ3v) is 7.17. The van der Waals surface area contributed by atoms with E-state index in [-0.39, 0.29) is 41.9 Å². The van der Waals surface area contributed by atoms with Gasteiger partial charge in [0.25, 0.3) is 5.91 Å². The predicted molar refractivity (Wildman–Crippen MR) is 138 cm³/mol. The van der Waals surface area contributed by atoms with E-state index in [2.05, 4.69) is 15.6 Å². The van der Waals surface area contributed by atoms with Crippen molar-refractivity contribution in [2.45, 2.75) is 51.1 Å². The maximum absolute atomic E-state index is 13.1. The highest BCUT2D eigenvalue weighted by molar-refractivity contribution is 6.44. The van der Waals surface area contributed by atoms with Gasteiger partial charge in [0.05, 0.1) is 18.4 Å².